The minimum absolute atomic E-state index is 0.208. The molecule has 0 radical (unpaired) electrons. The Kier molecular flexibility index (Phi) is 3.12. The molecule has 0 saturated heterocycles. The van der Waals surface area contributed by atoms with Crippen LogP contribution in [0.25, 0.3) is 10.4 Å². The number of hydrogen-bond acceptors (Lipinski definition) is 3. The monoisotopic (exact) mass is 295 g/mol. The van der Waals surface area contributed by atoms with Crippen LogP contribution in [0.3, 0.4) is 0 Å². The molecule has 2 N–H and O–H groups in total. The third-order valence-corrected chi connectivity index (χ3v) is 3.82. The molecule has 2 rings (SSSR count). The van der Waals surface area contributed by atoms with Crippen molar-refractivity contribution in [3.8, 4) is 16.2 Å². The van der Waals surface area contributed by atoms with Crippen LogP contribution in [0.15, 0.2) is 34.1 Å². The molecule has 16 heavy (non-hydrogen) atoms. The largest absolute Gasteiger partial charge is 0.506 e. The molecule has 0 aliphatic rings. The van der Waals surface area contributed by atoms with Crippen molar-refractivity contribution < 1.29 is 5.11 Å². The molecule has 1 aromatic carbocycles. The average Bonchev–Trinajstić information content (AvgIpc) is 2.61. The molecule has 2 aromatic rings. The first-order chi connectivity index (χ1) is 7.59. The second kappa shape index (κ2) is 4.39. The quantitative estimate of drug-likeness (QED) is 0.799. The maximum absolute atomic E-state index is 9.98. The van der Waals surface area contributed by atoms with Crippen molar-refractivity contribution in [3.63, 3.8) is 0 Å². The fourth-order valence-corrected chi connectivity index (χ4v) is 2.71. The summed E-state index contributed by atoms with van der Waals surface area (Å²) in [5.74, 6) is 0.208. The van der Waals surface area contributed by atoms with E-state index < -0.39 is 0 Å². The number of hydrogen-bond donors (Lipinski definition) is 2. The summed E-state index contributed by atoms with van der Waals surface area (Å²) in [6.45, 7) is 1.67. The highest BCUT2D eigenvalue weighted by molar-refractivity contribution is 9.10. The Labute approximate surface area is 106 Å². The van der Waals surface area contributed by atoms with E-state index in [0.29, 0.717) is 11.3 Å². The number of rotatable bonds is 2. The summed E-state index contributed by atoms with van der Waals surface area (Å²) in [7, 11) is 0. The van der Waals surface area contributed by atoms with Gasteiger partial charge in [-0.15, -0.1) is 11.3 Å². The minimum Gasteiger partial charge on any atom is -0.506 e. The number of nitrogens with one attached hydrogen (secondary N) is 1. The molecule has 0 amide bonds. The van der Waals surface area contributed by atoms with E-state index in [1.165, 1.54) is 11.3 Å². The van der Waals surface area contributed by atoms with Crippen LogP contribution in [0.4, 0.5) is 0 Å². The Balaban J connectivity index is 2.49. The predicted octanol–water partition coefficient (Wildman–Crippen LogP) is 4.27. The van der Waals surface area contributed by atoms with Crippen LogP contribution < -0.4 is 0 Å². The number of halogens is 1. The summed E-state index contributed by atoms with van der Waals surface area (Å²) in [6.07, 6.45) is 0. The molecule has 0 aliphatic carbocycles. The van der Waals surface area contributed by atoms with Gasteiger partial charge in [0.2, 0.25) is 0 Å². The van der Waals surface area contributed by atoms with Crippen molar-refractivity contribution in [2.45, 2.75) is 6.92 Å². The molecule has 0 aliphatic heterocycles. The molecule has 1 heterocycles. The molecule has 2 nitrogen and oxygen atoms in total. The Morgan fingerprint density at radius 1 is 1.31 bits per heavy atom. The third kappa shape index (κ3) is 2.03. The standard InChI is InChI=1S/C12H10BrNOS/c1-7(14)10-6-16-12(11(10)15)8-2-4-9(13)5-3-8/h2-6,14-15H,1H3. The SMILES string of the molecule is CC(=N)c1csc(-c2ccc(Br)cc2)c1O. The van der Waals surface area contributed by atoms with Crippen LogP contribution in [0, 0.1) is 5.41 Å². The van der Waals surface area contributed by atoms with Crippen molar-refractivity contribution >= 4 is 33.0 Å². The fraction of sp³-hybridized carbons (Fsp3) is 0.0833. The summed E-state index contributed by atoms with van der Waals surface area (Å²) in [4.78, 5) is 0.814. The van der Waals surface area contributed by atoms with E-state index in [0.717, 1.165) is 14.9 Å². The van der Waals surface area contributed by atoms with Crippen LogP contribution in [-0.4, -0.2) is 10.8 Å². The van der Waals surface area contributed by atoms with Crippen molar-refractivity contribution in [3.05, 3.63) is 39.7 Å². The van der Waals surface area contributed by atoms with E-state index in [1.807, 2.05) is 29.6 Å². The highest BCUT2D eigenvalue weighted by atomic mass is 79.9. The van der Waals surface area contributed by atoms with E-state index in [-0.39, 0.29) is 5.75 Å². The van der Waals surface area contributed by atoms with E-state index >= 15 is 0 Å². The smallest absolute Gasteiger partial charge is 0.143 e. The molecular weight excluding hydrogens is 286 g/mol. The number of aromatic hydroxyl groups is 1. The maximum atomic E-state index is 9.98. The van der Waals surface area contributed by atoms with Crippen LogP contribution >= 0.6 is 27.3 Å². The van der Waals surface area contributed by atoms with Crippen LogP contribution in [0.1, 0.15) is 12.5 Å². The van der Waals surface area contributed by atoms with E-state index in [1.54, 1.807) is 6.92 Å². The Morgan fingerprint density at radius 3 is 2.44 bits per heavy atom. The summed E-state index contributed by atoms with van der Waals surface area (Å²) in [5, 5.41) is 19.3. The minimum atomic E-state index is 0.208. The molecule has 4 heteroatoms. The summed E-state index contributed by atoms with van der Waals surface area (Å²) in [5.41, 5.74) is 1.97. The van der Waals surface area contributed by atoms with Gasteiger partial charge in [-0.1, -0.05) is 28.1 Å². The van der Waals surface area contributed by atoms with Gasteiger partial charge in [-0.05, 0) is 24.6 Å². The summed E-state index contributed by atoms with van der Waals surface area (Å²) in [6, 6.07) is 7.76. The highest BCUT2D eigenvalue weighted by Crippen LogP contribution is 2.38. The van der Waals surface area contributed by atoms with Crippen LogP contribution in [0.2, 0.25) is 0 Å². The van der Waals surface area contributed by atoms with Crippen molar-refractivity contribution in [1.82, 2.24) is 0 Å². The summed E-state index contributed by atoms with van der Waals surface area (Å²) >= 11 is 4.83. The second-order valence-corrected chi connectivity index (χ2v) is 5.25. The van der Waals surface area contributed by atoms with Gasteiger partial charge in [-0.3, -0.25) is 0 Å². The van der Waals surface area contributed by atoms with Gasteiger partial charge in [0.15, 0.2) is 0 Å². The van der Waals surface area contributed by atoms with Gasteiger partial charge >= 0.3 is 0 Å². The molecule has 0 saturated carbocycles. The molecule has 0 bridgehead atoms. The average molecular weight is 296 g/mol. The normalized spacial score (nSPS) is 10.4. The molecule has 0 spiro atoms. The first-order valence-electron chi connectivity index (χ1n) is 4.71. The zero-order valence-electron chi connectivity index (χ0n) is 8.62. The Hall–Kier alpha value is -1.13. The molecule has 0 unspecified atom stereocenters. The maximum Gasteiger partial charge on any atom is 0.143 e. The van der Waals surface area contributed by atoms with Gasteiger partial charge < -0.3 is 10.5 Å². The first kappa shape index (κ1) is 11.4. The topological polar surface area (TPSA) is 44.1 Å². The van der Waals surface area contributed by atoms with Crippen molar-refractivity contribution in [2.24, 2.45) is 0 Å². The molecule has 0 atom stereocenters. The van der Waals surface area contributed by atoms with Gasteiger partial charge in [0.25, 0.3) is 0 Å². The Bertz CT molecular complexity index is 530. The Morgan fingerprint density at radius 2 is 1.94 bits per heavy atom. The highest BCUT2D eigenvalue weighted by Gasteiger charge is 2.13. The molecule has 0 fully saturated rings. The second-order valence-electron chi connectivity index (χ2n) is 3.46. The van der Waals surface area contributed by atoms with Gasteiger partial charge in [0.05, 0.1) is 4.88 Å². The van der Waals surface area contributed by atoms with Crippen LogP contribution in [-0.2, 0) is 0 Å². The van der Waals surface area contributed by atoms with Crippen molar-refractivity contribution in [1.29, 1.82) is 5.41 Å². The van der Waals surface area contributed by atoms with Gasteiger partial charge in [0, 0.05) is 21.1 Å². The lowest BCUT2D eigenvalue weighted by Gasteiger charge is -2.00. The predicted molar refractivity (Wildman–Crippen MR) is 71.6 cm³/mol. The molecule has 82 valence electrons. The lowest BCUT2D eigenvalue weighted by Crippen LogP contribution is -1.88. The number of benzene rings is 1. The van der Waals surface area contributed by atoms with Gasteiger partial charge in [-0.2, -0.15) is 0 Å². The summed E-state index contributed by atoms with van der Waals surface area (Å²) < 4.78 is 1.01. The zero-order chi connectivity index (χ0) is 11.7. The zero-order valence-corrected chi connectivity index (χ0v) is 11.0. The van der Waals surface area contributed by atoms with Gasteiger partial charge in [0.1, 0.15) is 5.75 Å². The molecule has 1 aromatic heterocycles. The lowest BCUT2D eigenvalue weighted by atomic mass is 10.1. The fourth-order valence-electron chi connectivity index (χ4n) is 1.42. The third-order valence-electron chi connectivity index (χ3n) is 2.28. The van der Waals surface area contributed by atoms with Gasteiger partial charge in [-0.25, -0.2) is 0 Å². The van der Waals surface area contributed by atoms with E-state index in [2.05, 4.69) is 15.9 Å². The lowest BCUT2D eigenvalue weighted by molar-refractivity contribution is 0.478. The van der Waals surface area contributed by atoms with E-state index in [9.17, 15) is 5.11 Å². The first-order valence-corrected chi connectivity index (χ1v) is 6.39. The van der Waals surface area contributed by atoms with Crippen LogP contribution in [0.5, 0.6) is 5.75 Å². The van der Waals surface area contributed by atoms with Crippen molar-refractivity contribution in [2.75, 3.05) is 0 Å². The molecular formula is C12H10BrNOS. The van der Waals surface area contributed by atoms with E-state index in [4.69, 9.17) is 5.41 Å². The number of thiophene rings is 1.